The van der Waals surface area contributed by atoms with Crippen molar-refractivity contribution < 1.29 is 0 Å². The molecule has 0 unspecified atom stereocenters. The number of hydrogen-bond acceptors (Lipinski definition) is 2. The standard InChI is InChI=1S/C21H24N2/c1-23(2)15-20(21(22)17-9-4-3-5-10-17)19-13-12-16-8-6-7-11-18(16)14-19/h3-14,20-21H,15,22H2,1-2H3/t20-,21-/m0/s1. The van der Waals surface area contributed by atoms with Crippen LogP contribution in [-0.4, -0.2) is 25.5 Å². The van der Waals surface area contributed by atoms with Gasteiger partial charge >= 0.3 is 0 Å². The van der Waals surface area contributed by atoms with Crippen molar-refractivity contribution >= 4 is 10.8 Å². The van der Waals surface area contributed by atoms with Gasteiger partial charge < -0.3 is 10.6 Å². The second-order valence-electron chi connectivity index (χ2n) is 6.41. The van der Waals surface area contributed by atoms with Gasteiger partial charge in [-0.1, -0.05) is 72.8 Å². The molecule has 0 amide bonds. The van der Waals surface area contributed by atoms with E-state index < -0.39 is 0 Å². The molecule has 2 atom stereocenters. The van der Waals surface area contributed by atoms with Crippen LogP contribution in [0, 0.1) is 0 Å². The van der Waals surface area contributed by atoms with Crippen molar-refractivity contribution in [3.8, 4) is 0 Å². The average molecular weight is 304 g/mol. The van der Waals surface area contributed by atoms with E-state index in [-0.39, 0.29) is 12.0 Å². The van der Waals surface area contributed by atoms with Crippen LogP contribution in [0.15, 0.2) is 72.8 Å². The van der Waals surface area contributed by atoms with Gasteiger partial charge in [0.1, 0.15) is 0 Å². The molecular weight excluding hydrogens is 280 g/mol. The van der Waals surface area contributed by atoms with Gasteiger partial charge in [-0.15, -0.1) is 0 Å². The molecule has 0 spiro atoms. The van der Waals surface area contributed by atoms with Crippen LogP contribution in [0.3, 0.4) is 0 Å². The molecule has 0 aliphatic rings. The van der Waals surface area contributed by atoms with Crippen LogP contribution in [0.2, 0.25) is 0 Å². The van der Waals surface area contributed by atoms with Crippen molar-refractivity contribution in [1.82, 2.24) is 4.90 Å². The Labute approximate surface area is 138 Å². The first-order valence-electron chi connectivity index (χ1n) is 8.09. The Kier molecular flexibility index (Phi) is 4.75. The molecule has 3 aromatic rings. The monoisotopic (exact) mass is 304 g/mol. The van der Waals surface area contributed by atoms with Crippen LogP contribution in [-0.2, 0) is 0 Å². The third-order valence-corrected chi connectivity index (χ3v) is 4.38. The summed E-state index contributed by atoms with van der Waals surface area (Å²) >= 11 is 0. The molecule has 3 rings (SSSR count). The fraction of sp³-hybridized carbons (Fsp3) is 0.238. The van der Waals surface area contributed by atoms with E-state index in [1.54, 1.807) is 0 Å². The summed E-state index contributed by atoms with van der Waals surface area (Å²) in [7, 11) is 4.21. The predicted molar refractivity (Wildman–Crippen MR) is 98.6 cm³/mol. The molecule has 0 saturated heterocycles. The largest absolute Gasteiger partial charge is 0.323 e. The van der Waals surface area contributed by atoms with Crippen LogP contribution in [0.1, 0.15) is 23.1 Å². The molecule has 0 bridgehead atoms. The van der Waals surface area contributed by atoms with Crippen LogP contribution in [0.4, 0.5) is 0 Å². The molecule has 2 N–H and O–H groups in total. The molecule has 0 aliphatic heterocycles. The lowest BCUT2D eigenvalue weighted by atomic mass is 9.86. The molecule has 3 aromatic carbocycles. The van der Waals surface area contributed by atoms with E-state index in [0.29, 0.717) is 0 Å². The summed E-state index contributed by atoms with van der Waals surface area (Å²) in [6.07, 6.45) is 0. The molecule has 0 radical (unpaired) electrons. The number of hydrogen-bond donors (Lipinski definition) is 1. The summed E-state index contributed by atoms with van der Waals surface area (Å²) in [6, 6.07) is 25.6. The predicted octanol–water partition coefficient (Wildman–Crippen LogP) is 4.19. The van der Waals surface area contributed by atoms with Gasteiger partial charge in [0, 0.05) is 18.5 Å². The SMILES string of the molecule is CN(C)C[C@@H](c1ccc2ccccc2c1)[C@@H](N)c1ccccc1. The molecule has 0 heterocycles. The Morgan fingerprint density at radius 3 is 2.13 bits per heavy atom. The second-order valence-corrected chi connectivity index (χ2v) is 6.41. The number of fused-ring (bicyclic) bond motifs is 1. The number of likely N-dealkylation sites (N-methyl/N-ethyl adjacent to an activating group) is 1. The van der Waals surface area contributed by atoms with Gasteiger partial charge in [0.15, 0.2) is 0 Å². The quantitative estimate of drug-likeness (QED) is 0.766. The van der Waals surface area contributed by atoms with Gasteiger partial charge in [-0.05, 0) is 36.0 Å². The van der Waals surface area contributed by atoms with Gasteiger partial charge in [0.25, 0.3) is 0 Å². The highest BCUT2D eigenvalue weighted by molar-refractivity contribution is 5.83. The summed E-state index contributed by atoms with van der Waals surface area (Å²) in [5.41, 5.74) is 9.12. The first-order valence-corrected chi connectivity index (χ1v) is 8.09. The van der Waals surface area contributed by atoms with E-state index in [2.05, 4.69) is 85.7 Å². The Bertz CT molecular complexity index is 765. The van der Waals surface area contributed by atoms with Crippen molar-refractivity contribution in [3.63, 3.8) is 0 Å². The zero-order chi connectivity index (χ0) is 16.2. The summed E-state index contributed by atoms with van der Waals surface area (Å²) < 4.78 is 0. The van der Waals surface area contributed by atoms with Gasteiger partial charge in [0.2, 0.25) is 0 Å². The van der Waals surface area contributed by atoms with Gasteiger partial charge in [-0.25, -0.2) is 0 Å². The van der Waals surface area contributed by atoms with Crippen LogP contribution >= 0.6 is 0 Å². The van der Waals surface area contributed by atoms with Crippen LogP contribution in [0.25, 0.3) is 10.8 Å². The van der Waals surface area contributed by atoms with Crippen molar-refractivity contribution in [2.24, 2.45) is 5.73 Å². The van der Waals surface area contributed by atoms with Gasteiger partial charge in [0.05, 0.1) is 0 Å². The first-order chi connectivity index (χ1) is 11.1. The lowest BCUT2D eigenvalue weighted by molar-refractivity contribution is 0.347. The maximum absolute atomic E-state index is 6.64. The average Bonchev–Trinajstić information content (AvgIpc) is 2.59. The summed E-state index contributed by atoms with van der Waals surface area (Å²) in [5.74, 6) is 0.261. The van der Waals surface area contributed by atoms with E-state index in [4.69, 9.17) is 5.73 Å². The second kappa shape index (κ2) is 6.95. The zero-order valence-corrected chi connectivity index (χ0v) is 13.8. The number of rotatable bonds is 5. The van der Waals surface area contributed by atoms with Crippen molar-refractivity contribution in [1.29, 1.82) is 0 Å². The van der Waals surface area contributed by atoms with E-state index in [9.17, 15) is 0 Å². The molecule has 23 heavy (non-hydrogen) atoms. The lowest BCUT2D eigenvalue weighted by Gasteiger charge is -2.28. The Morgan fingerprint density at radius 1 is 0.783 bits per heavy atom. The summed E-state index contributed by atoms with van der Waals surface area (Å²) in [4.78, 5) is 2.21. The molecule has 0 aliphatic carbocycles. The van der Waals surface area contributed by atoms with Crippen LogP contribution in [0.5, 0.6) is 0 Å². The number of nitrogens with two attached hydrogens (primary N) is 1. The molecule has 2 nitrogen and oxygen atoms in total. The third kappa shape index (κ3) is 3.61. The molecule has 0 aromatic heterocycles. The highest BCUT2D eigenvalue weighted by Crippen LogP contribution is 2.31. The van der Waals surface area contributed by atoms with Gasteiger partial charge in [-0.3, -0.25) is 0 Å². The molecule has 118 valence electrons. The molecule has 0 saturated carbocycles. The Balaban J connectivity index is 2.00. The summed E-state index contributed by atoms with van der Waals surface area (Å²) in [6.45, 7) is 0.925. The fourth-order valence-electron chi connectivity index (χ4n) is 3.17. The Hall–Kier alpha value is -2.16. The fourth-order valence-corrected chi connectivity index (χ4v) is 3.17. The van der Waals surface area contributed by atoms with Crippen LogP contribution < -0.4 is 5.73 Å². The number of benzene rings is 3. The van der Waals surface area contributed by atoms with E-state index >= 15 is 0 Å². The zero-order valence-electron chi connectivity index (χ0n) is 13.8. The van der Waals surface area contributed by atoms with Crippen molar-refractivity contribution in [2.75, 3.05) is 20.6 Å². The highest BCUT2D eigenvalue weighted by Gasteiger charge is 2.22. The summed E-state index contributed by atoms with van der Waals surface area (Å²) in [5, 5.41) is 2.54. The molecular formula is C21H24N2. The third-order valence-electron chi connectivity index (χ3n) is 4.38. The normalized spacial score (nSPS) is 14.1. The Morgan fingerprint density at radius 2 is 1.43 bits per heavy atom. The van der Waals surface area contributed by atoms with Gasteiger partial charge in [-0.2, -0.15) is 0 Å². The highest BCUT2D eigenvalue weighted by atomic mass is 15.1. The maximum Gasteiger partial charge on any atom is 0.0376 e. The van der Waals surface area contributed by atoms with Crippen molar-refractivity contribution in [2.45, 2.75) is 12.0 Å². The minimum atomic E-state index is -0.0141. The first kappa shape index (κ1) is 15.7. The van der Waals surface area contributed by atoms with E-state index in [0.717, 1.165) is 6.54 Å². The van der Waals surface area contributed by atoms with Crippen molar-refractivity contribution in [3.05, 3.63) is 83.9 Å². The minimum Gasteiger partial charge on any atom is -0.323 e. The smallest absolute Gasteiger partial charge is 0.0376 e. The number of nitrogens with zero attached hydrogens (tertiary/aromatic N) is 1. The van der Waals surface area contributed by atoms with E-state index in [1.807, 2.05) is 6.07 Å². The van der Waals surface area contributed by atoms with E-state index in [1.165, 1.54) is 21.9 Å². The molecule has 2 heteroatoms. The minimum absolute atomic E-state index is 0.0141. The topological polar surface area (TPSA) is 29.3 Å². The molecule has 0 fully saturated rings. The maximum atomic E-state index is 6.64. The lowest BCUT2D eigenvalue weighted by Crippen LogP contribution is -2.29.